The third-order valence-electron chi connectivity index (χ3n) is 8.47. The highest BCUT2D eigenvalue weighted by Gasteiger charge is 2.53. The Kier molecular flexibility index (Phi) is 6.32. The zero-order valence-corrected chi connectivity index (χ0v) is 22.3. The average molecular weight is 577 g/mol. The molecule has 3 heterocycles. The minimum atomic E-state index is -4.60. The van der Waals surface area contributed by atoms with E-state index in [-0.39, 0.29) is 42.6 Å². The standard InChI is InChI=1S/C32H25F5N4O/c33-22-8-17(9-23(34)14-22)7-20(30-25(4-2-6-38-30)21-10-18-3-1-5-27(18)39-15-21)11-24(42)16-41-28-13-19-12-26(19)29(28)31(40-41)32(35,36)37/h1-4,6,8-10,14-15,19-20,26H,5,7,11-13,16H2/t19?,20-,26?/m1/s1. The van der Waals surface area contributed by atoms with E-state index in [1.165, 1.54) is 16.8 Å². The van der Waals surface area contributed by atoms with Crippen LogP contribution in [0.2, 0.25) is 0 Å². The van der Waals surface area contributed by atoms with Gasteiger partial charge in [-0.05, 0) is 66.5 Å². The van der Waals surface area contributed by atoms with E-state index >= 15 is 0 Å². The van der Waals surface area contributed by atoms with Crippen molar-refractivity contribution < 1.29 is 26.7 Å². The van der Waals surface area contributed by atoms with Crippen LogP contribution in [-0.2, 0) is 36.8 Å². The Morgan fingerprint density at radius 3 is 2.69 bits per heavy atom. The van der Waals surface area contributed by atoms with Gasteiger partial charge in [-0.2, -0.15) is 18.3 Å². The molecule has 3 aliphatic rings. The van der Waals surface area contributed by atoms with Crippen molar-refractivity contribution in [1.29, 1.82) is 0 Å². The highest BCUT2D eigenvalue weighted by molar-refractivity contribution is 5.80. The number of ketones is 1. The fourth-order valence-electron chi connectivity index (χ4n) is 6.57. The van der Waals surface area contributed by atoms with Crippen LogP contribution in [0, 0.1) is 17.6 Å². The van der Waals surface area contributed by atoms with Gasteiger partial charge in [-0.1, -0.05) is 18.2 Å². The Labute approximate surface area is 238 Å². The minimum Gasteiger partial charge on any atom is -0.298 e. The second-order valence-corrected chi connectivity index (χ2v) is 11.4. The number of carbonyl (C=O) groups excluding carboxylic acids is 1. The molecule has 7 rings (SSSR count). The topological polar surface area (TPSA) is 60.7 Å². The summed E-state index contributed by atoms with van der Waals surface area (Å²) in [5.74, 6) is -2.39. The van der Waals surface area contributed by atoms with Gasteiger partial charge in [0, 0.05) is 59.6 Å². The summed E-state index contributed by atoms with van der Waals surface area (Å²) < 4.78 is 70.8. The molecule has 42 heavy (non-hydrogen) atoms. The molecule has 1 fully saturated rings. The average Bonchev–Trinajstić information content (AvgIpc) is 3.23. The van der Waals surface area contributed by atoms with Gasteiger partial charge < -0.3 is 0 Å². The summed E-state index contributed by atoms with van der Waals surface area (Å²) in [7, 11) is 0. The number of Topliss-reactive ketones (excluding diaryl/α,β-unsaturated/α-hetero) is 1. The first-order valence-electron chi connectivity index (χ1n) is 13.9. The number of benzene rings is 1. The van der Waals surface area contributed by atoms with E-state index in [0.717, 1.165) is 41.3 Å². The van der Waals surface area contributed by atoms with Gasteiger partial charge in [0.15, 0.2) is 11.5 Å². The Morgan fingerprint density at radius 2 is 1.90 bits per heavy atom. The smallest absolute Gasteiger partial charge is 0.298 e. The second kappa shape index (κ2) is 9.96. The number of alkyl halides is 3. The molecule has 3 aromatic heterocycles. The largest absolute Gasteiger partial charge is 0.435 e. The van der Waals surface area contributed by atoms with E-state index in [1.807, 2.05) is 24.3 Å². The molecule has 3 aliphatic carbocycles. The summed E-state index contributed by atoms with van der Waals surface area (Å²) in [6.45, 7) is -0.320. The second-order valence-electron chi connectivity index (χ2n) is 11.4. The molecule has 4 aromatic rings. The molecule has 10 heteroatoms. The number of nitrogens with zero attached hydrogens (tertiary/aromatic N) is 4. The van der Waals surface area contributed by atoms with Crippen LogP contribution in [-0.4, -0.2) is 25.5 Å². The molecule has 0 N–H and O–H groups in total. The normalized spacial score (nSPS) is 19.0. The van der Waals surface area contributed by atoms with Gasteiger partial charge >= 0.3 is 6.18 Å². The van der Waals surface area contributed by atoms with E-state index in [0.29, 0.717) is 23.4 Å². The van der Waals surface area contributed by atoms with Gasteiger partial charge in [-0.3, -0.25) is 19.4 Å². The SMILES string of the molecule is O=C(C[C@@H](Cc1cc(F)cc(F)c1)c1ncccc1-c1cnc2c(c1)C=CC2)Cn1nc(C(F)(F)F)c2c1CC1CC21. The van der Waals surface area contributed by atoms with Crippen LogP contribution in [0.1, 0.15) is 64.1 Å². The summed E-state index contributed by atoms with van der Waals surface area (Å²) >= 11 is 0. The lowest BCUT2D eigenvalue weighted by molar-refractivity contribution is -0.142. The summed E-state index contributed by atoms with van der Waals surface area (Å²) in [6, 6.07) is 8.82. The van der Waals surface area contributed by atoms with E-state index in [2.05, 4.69) is 15.1 Å². The number of aromatic nitrogens is 4. The van der Waals surface area contributed by atoms with Crippen molar-refractivity contribution in [2.75, 3.05) is 0 Å². The van der Waals surface area contributed by atoms with Crippen molar-refractivity contribution in [3.63, 3.8) is 0 Å². The number of carbonyl (C=O) groups is 1. The number of fused-ring (bicyclic) bond motifs is 4. The molecule has 214 valence electrons. The van der Waals surface area contributed by atoms with Crippen LogP contribution in [0.5, 0.6) is 0 Å². The lowest BCUT2D eigenvalue weighted by Crippen LogP contribution is -2.19. The molecular formula is C32H25F5N4O. The Balaban J connectivity index is 1.23. The number of hydrogen-bond acceptors (Lipinski definition) is 4. The Morgan fingerprint density at radius 1 is 1.10 bits per heavy atom. The highest BCUT2D eigenvalue weighted by atomic mass is 19.4. The molecule has 1 aromatic carbocycles. The lowest BCUT2D eigenvalue weighted by Gasteiger charge is -2.20. The predicted molar refractivity (Wildman–Crippen MR) is 144 cm³/mol. The third kappa shape index (κ3) is 4.92. The molecule has 0 radical (unpaired) electrons. The fourth-order valence-corrected chi connectivity index (χ4v) is 6.57. The summed E-state index contributed by atoms with van der Waals surface area (Å²) in [5, 5.41) is 3.85. The summed E-state index contributed by atoms with van der Waals surface area (Å²) in [6.07, 6.45) is 4.67. The maximum atomic E-state index is 14.1. The lowest BCUT2D eigenvalue weighted by atomic mass is 9.87. The van der Waals surface area contributed by atoms with E-state index in [4.69, 9.17) is 0 Å². The molecule has 0 aliphatic heterocycles. The van der Waals surface area contributed by atoms with Crippen LogP contribution in [0.15, 0.2) is 54.9 Å². The number of allylic oxidation sites excluding steroid dienone is 1. The van der Waals surface area contributed by atoms with E-state index in [9.17, 15) is 26.7 Å². The van der Waals surface area contributed by atoms with Crippen molar-refractivity contribution >= 4 is 11.9 Å². The summed E-state index contributed by atoms with van der Waals surface area (Å²) in [4.78, 5) is 22.7. The molecule has 0 amide bonds. The number of halogens is 5. The molecule has 3 atom stereocenters. The highest BCUT2D eigenvalue weighted by Crippen LogP contribution is 2.59. The Hall–Kier alpha value is -4.21. The first-order chi connectivity index (χ1) is 20.1. The third-order valence-corrected chi connectivity index (χ3v) is 8.47. The van der Waals surface area contributed by atoms with Crippen LogP contribution < -0.4 is 0 Å². The fraction of sp³-hybridized carbons (Fsp3) is 0.312. The van der Waals surface area contributed by atoms with Crippen LogP contribution in [0.3, 0.4) is 0 Å². The van der Waals surface area contributed by atoms with E-state index < -0.39 is 29.4 Å². The predicted octanol–water partition coefficient (Wildman–Crippen LogP) is 6.85. The number of pyridine rings is 2. The van der Waals surface area contributed by atoms with Gasteiger partial charge in [0.05, 0.1) is 17.9 Å². The zero-order chi connectivity index (χ0) is 29.2. The molecule has 1 saturated carbocycles. The Bertz CT molecular complexity index is 1740. The van der Waals surface area contributed by atoms with Crippen molar-refractivity contribution in [2.45, 2.75) is 56.7 Å². The molecule has 2 unspecified atom stereocenters. The van der Waals surface area contributed by atoms with Crippen LogP contribution >= 0.6 is 0 Å². The maximum absolute atomic E-state index is 14.1. The quantitative estimate of drug-likeness (QED) is 0.215. The molecule has 0 spiro atoms. The zero-order valence-electron chi connectivity index (χ0n) is 22.3. The number of hydrogen-bond donors (Lipinski definition) is 0. The molecule has 5 nitrogen and oxygen atoms in total. The number of rotatable bonds is 8. The summed E-state index contributed by atoms with van der Waals surface area (Å²) in [5.41, 5.74) is 4.15. The first kappa shape index (κ1) is 26.7. The monoisotopic (exact) mass is 576 g/mol. The van der Waals surface area contributed by atoms with Gasteiger partial charge in [0.1, 0.15) is 11.6 Å². The van der Waals surface area contributed by atoms with Crippen LogP contribution in [0.25, 0.3) is 17.2 Å². The van der Waals surface area contributed by atoms with Crippen molar-refractivity contribution in [1.82, 2.24) is 19.7 Å². The minimum absolute atomic E-state index is 0.0951. The maximum Gasteiger partial charge on any atom is 0.435 e. The molecular weight excluding hydrogens is 551 g/mol. The van der Waals surface area contributed by atoms with Crippen LogP contribution in [0.4, 0.5) is 22.0 Å². The van der Waals surface area contributed by atoms with Crippen molar-refractivity contribution in [3.05, 3.63) is 106 Å². The van der Waals surface area contributed by atoms with E-state index in [1.54, 1.807) is 18.5 Å². The molecule has 0 bridgehead atoms. The molecule has 0 saturated heterocycles. The van der Waals surface area contributed by atoms with Gasteiger partial charge in [-0.25, -0.2) is 8.78 Å². The van der Waals surface area contributed by atoms with Crippen molar-refractivity contribution in [3.8, 4) is 11.1 Å². The van der Waals surface area contributed by atoms with Crippen molar-refractivity contribution in [2.24, 2.45) is 5.92 Å². The first-order valence-corrected chi connectivity index (χ1v) is 13.9. The van der Waals surface area contributed by atoms with Gasteiger partial charge in [0.25, 0.3) is 0 Å². The van der Waals surface area contributed by atoms with Gasteiger partial charge in [0.2, 0.25) is 0 Å². The van der Waals surface area contributed by atoms with Gasteiger partial charge in [-0.15, -0.1) is 0 Å².